The first-order valence-corrected chi connectivity index (χ1v) is 19.1. The second kappa shape index (κ2) is 13.6. The van der Waals surface area contributed by atoms with Gasteiger partial charge in [0.1, 0.15) is 11.9 Å². The Hall–Kier alpha value is -4.03. The summed E-state index contributed by atoms with van der Waals surface area (Å²) in [6.07, 6.45) is -1.80. The van der Waals surface area contributed by atoms with Gasteiger partial charge in [-0.15, -0.1) is 0 Å². The minimum absolute atomic E-state index is 0.0287. The fourth-order valence-corrected chi connectivity index (χ4v) is 11.5. The first kappa shape index (κ1) is 34.3. The molecule has 2 aliphatic heterocycles. The fraction of sp³-hybridized carbons (Fsp3) is 0.417. The van der Waals surface area contributed by atoms with Gasteiger partial charge in [0, 0.05) is 37.3 Å². The van der Waals surface area contributed by atoms with Crippen molar-refractivity contribution in [2.45, 2.75) is 63.3 Å². The number of aliphatic hydroxyl groups excluding tert-OH is 2. The minimum atomic E-state index is -2.50. The highest BCUT2D eigenvalue weighted by Gasteiger charge is 2.66. The third-order valence-corrected chi connectivity index (χ3v) is 14.3. The predicted octanol–water partition coefficient (Wildman–Crippen LogP) is 3.62. The molecule has 1 fully saturated rings. The van der Waals surface area contributed by atoms with Crippen LogP contribution >= 0.6 is 0 Å². The Labute approximate surface area is 277 Å². The first-order chi connectivity index (χ1) is 22.3. The summed E-state index contributed by atoms with van der Waals surface area (Å²) in [4.78, 5) is 44.1. The van der Waals surface area contributed by atoms with Gasteiger partial charge in [0.2, 0.25) is 5.91 Å². The molecule has 2 heterocycles. The van der Waals surface area contributed by atoms with E-state index >= 15 is 0 Å². The second-order valence-corrected chi connectivity index (χ2v) is 17.8. The summed E-state index contributed by atoms with van der Waals surface area (Å²) in [6.45, 7) is 8.24. The third-order valence-electron chi connectivity index (χ3n) is 9.93. The average Bonchev–Trinajstić information content (AvgIpc) is 3.46. The molecule has 0 saturated carbocycles. The molecule has 0 bridgehead atoms. The summed E-state index contributed by atoms with van der Waals surface area (Å²) in [5, 5.41) is 23.6. The van der Waals surface area contributed by atoms with Gasteiger partial charge in [0.15, 0.2) is 5.60 Å². The van der Waals surface area contributed by atoms with Gasteiger partial charge in [0.05, 0.1) is 40.0 Å². The Bertz CT molecular complexity index is 1610. The highest BCUT2D eigenvalue weighted by molar-refractivity contribution is 6.91. The van der Waals surface area contributed by atoms with Crippen LogP contribution in [0.3, 0.4) is 0 Å². The maximum absolute atomic E-state index is 14.4. The molecule has 47 heavy (non-hydrogen) atoms. The zero-order valence-corrected chi connectivity index (χ0v) is 28.9. The normalized spacial score (nSPS) is 22.7. The highest BCUT2D eigenvalue weighted by Crippen LogP contribution is 2.60. The summed E-state index contributed by atoms with van der Waals surface area (Å²) in [5.41, 5.74) is 1.10. The molecule has 0 aliphatic carbocycles. The largest absolute Gasteiger partial charge is 0.497 e. The Morgan fingerprint density at radius 3 is 2.40 bits per heavy atom. The molecule has 3 N–H and O–H groups in total. The van der Waals surface area contributed by atoms with Crippen LogP contribution in [-0.4, -0.2) is 80.4 Å². The van der Waals surface area contributed by atoms with E-state index in [1.54, 1.807) is 42.2 Å². The number of likely N-dealkylation sites (N-methyl/N-ethyl adjacent to an activating group) is 1. The molecular formula is C36H45N3O7Si. The van der Waals surface area contributed by atoms with Crippen molar-refractivity contribution in [1.29, 1.82) is 0 Å². The Balaban J connectivity index is 1.58. The van der Waals surface area contributed by atoms with E-state index in [9.17, 15) is 24.6 Å². The van der Waals surface area contributed by atoms with Gasteiger partial charge >= 0.3 is 0 Å². The number of hydrogen-bond donors (Lipinski definition) is 3. The minimum Gasteiger partial charge on any atom is -0.497 e. The van der Waals surface area contributed by atoms with E-state index in [0.717, 1.165) is 16.5 Å². The lowest BCUT2D eigenvalue weighted by Crippen LogP contribution is -2.52. The lowest BCUT2D eigenvalue weighted by molar-refractivity contribution is -0.149. The molecule has 1 saturated heterocycles. The van der Waals surface area contributed by atoms with Crippen molar-refractivity contribution in [2.24, 2.45) is 5.92 Å². The number of anilines is 2. The van der Waals surface area contributed by atoms with Gasteiger partial charge in [-0.1, -0.05) is 67.7 Å². The van der Waals surface area contributed by atoms with Gasteiger partial charge in [-0.3, -0.25) is 14.4 Å². The number of nitrogens with one attached hydrogen (secondary N) is 1. The summed E-state index contributed by atoms with van der Waals surface area (Å²) in [7, 11) is 0.839. The molecule has 5 rings (SSSR count). The van der Waals surface area contributed by atoms with Crippen LogP contribution in [0.15, 0.2) is 72.8 Å². The number of rotatable bonds is 11. The van der Waals surface area contributed by atoms with Crippen molar-refractivity contribution in [1.82, 2.24) is 4.90 Å². The maximum Gasteiger partial charge on any atom is 0.264 e. The summed E-state index contributed by atoms with van der Waals surface area (Å²) < 4.78 is 12.4. The van der Waals surface area contributed by atoms with Crippen molar-refractivity contribution in [2.75, 3.05) is 37.5 Å². The summed E-state index contributed by atoms with van der Waals surface area (Å²) >= 11 is 0. The zero-order chi connectivity index (χ0) is 34.1. The van der Waals surface area contributed by atoms with Crippen LogP contribution in [0.5, 0.6) is 5.75 Å². The molecule has 3 amide bonds. The summed E-state index contributed by atoms with van der Waals surface area (Å²) in [5.74, 6) is -0.558. The molecule has 1 spiro atoms. The molecule has 0 radical (unpaired) electrons. The van der Waals surface area contributed by atoms with Gasteiger partial charge in [-0.2, -0.15) is 0 Å². The van der Waals surface area contributed by atoms with Crippen LogP contribution in [0.1, 0.15) is 31.4 Å². The molecule has 3 aromatic rings. The van der Waals surface area contributed by atoms with Crippen molar-refractivity contribution in [3.05, 3.63) is 83.9 Å². The van der Waals surface area contributed by atoms with E-state index in [1.165, 1.54) is 6.92 Å². The zero-order valence-electron chi connectivity index (χ0n) is 27.9. The summed E-state index contributed by atoms with van der Waals surface area (Å²) in [6, 6.07) is 22.9. The highest BCUT2D eigenvalue weighted by atomic mass is 28.3. The molecular weight excluding hydrogens is 614 g/mol. The SMILES string of the molecule is COc1ccc([Si](C)(C)[C@H]2[C@H](CC(=O)N(CCO)Cc3ccccc3)O[C@@]3(C(=O)N(C)c4ccc(NC(=O)[C@H](C)O)cc43)[C@@H]2C)cc1. The van der Waals surface area contributed by atoms with E-state index in [1.807, 2.05) is 49.4 Å². The van der Waals surface area contributed by atoms with Crippen LogP contribution in [-0.2, 0) is 31.3 Å². The van der Waals surface area contributed by atoms with Crippen molar-refractivity contribution in [3.8, 4) is 5.75 Å². The number of ether oxygens (including phenoxy) is 2. The molecule has 10 nitrogen and oxygen atoms in total. The number of aliphatic hydroxyl groups is 2. The monoisotopic (exact) mass is 659 g/mol. The van der Waals surface area contributed by atoms with Crippen LogP contribution in [0.25, 0.3) is 0 Å². The smallest absolute Gasteiger partial charge is 0.264 e. The molecule has 3 aromatic carbocycles. The van der Waals surface area contributed by atoms with Gasteiger partial charge in [-0.05, 0) is 48.4 Å². The first-order valence-electron chi connectivity index (χ1n) is 16.0. The molecule has 0 aromatic heterocycles. The number of hydrogen-bond acceptors (Lipinski definition) is 7. The third kappa shape index (κ3) is 6.32. The number of carbonyl (C=O) groups excluding carboxylic acids is 3. The second-order valence-electron chi connectivity index (χ2n) is 13.1. The molecule has 2 aliphatic rings. The van der Waals surface area contributed by atoms with Crippen LogP contribution < -0.4 is 20.1 Å². The van der Waals surface area contributed by atoms with Crippen molar-refractivity contribution >= 4 is 42.4 Å². The predicted molar refractivity (Wildman–Crippen MR) is 183 cm³/mol. The number of fused-ring (bicyclic) bond motifs is 2. The quantitative estimate of drug-likeness (QED) is 0.268. The van der Waals surface area contributed by atoms with E-state index in [0.29, 0.717) is 23.5 Å². The lowest BCUT2D eigenvalue weighted by Gasteiger charge is -2.37. The molecule has 11 heteroatoms. The Morgan fingerprint density at radius 1 is 1.11 bits per heavy atom. The fourth-order valence-electron chi connectivity index (χ4n) is 7.46. The van der Waals surface area contributed by atoms with Crippen LogP contribution in [0.2, 0.25) is 18.6 Å². The Kier molecular flexibility index (Phi) is 9.93. The average molecular weight is 660 g/mol. The Morgan fingerprint density at radius 2 is 1.79 bits per heavy atom. The van der Waals surface area contributed by atoms with E-state index < -0.39 is 31.8 Å². The van der Waals surface area contributed by atoms with E-state index in [4.69, 9.17) is 9.47 Å². The molecule has 250 valence electrons. The van der Waals surface area contributed by atoms with Crippen molar-refractivity contribution < 1.29 is 34.1 Å². The molecule has 0 unspecified atom stereocenters. The van der Waals surface area contributed by atoms with Crippen molar-refractivity contribution in [3.63, 3.8) is 0 Å². The number of nitrogens with zero attached hydrogens (tertiary/aromatic N) is 2. The maximum atomic E-state index is 14.4. The van der Waals surface area contributed by atoms with E-state index in [2.05, 4.69) is 30.5 Å². The van der Waals surface area contributed by atoms with Crippen LogP contribution in [0, 0.1) is 5.92 Å². The van der Waals surface area contributed by atoms with Gasteiger partial charge in [0.25, 0.3) is 11.8 Å². The number of benzene rings is 3. The number of methoxy groups -OCH3 is 1. The van der Waals surface area contributed by atoms with E-state index in [-0.39, 0.29) is 42.8 Å². The number of amides is 3. The van der Waals surface area contributed by atoms with Gasteiger partial charge in [-0.25, -0.2) is 0 Å². The standard InChI is InChI=1S/C36H45N3O7Si/c1-23-33(47(5,6)28-15-13-27(45-4)14-16-28)31(21-32(42)39(18-19-40)22-25-10-8-7-9-11-25)46-36(23)29-20-26(37-34(43)24(2)41)12-17-30(29)38(3)35(36)44/h7-17,20,23-24,31,33,40-41H,18-19,21-22H2,1-6H3,(H,37,43)/t23-,24+,31+,33-,36+/m1/s1. The lowest BCUT2D eigenvalue weighted by atomic mass is 9.82. The van der Waals surface area contributed by atoms with Gasteiger partial charge < -0.3 is 34.8 Å². The van der Waals surface area contributed by atoms with Crippen LogP contribution in [0.4, 0.5) is 11.4 Å². The topological polar surface area (TPSA) is 129 Å². The molecule has 5 atom stereocenters. The number of carbonyl (C=O) groups is 3.